The molecular formula is C30H34FN3O4. The molecule has 8 heteroatoms. The molecule has 0 aliphatic heterocycles. The van der Waals surface area contributed by atoms with E-state index in [1.807, 2.05) is 68.4 Å². The van der Waals surface area contributed by atoms with E-state index in [1.54, 1.807) is 23.9 Å². The van der Waals surface area contributed by atoms with Crippen molar-refractivity contribution >= 4 is 0 Å². The average molecular weight is 520 g/mol. The first-order valence-electron chi connectivity index (χ1n) is 12.7. The Labute approximate surface area is 223 Å². The third kappa shape index (κ3) is 6.98. The zero-order valence-corrected chi connectivity index (χ0v) is 22.0. The number of para-hydroxylation sites is 3. The van der Waals surface area contributed by atoms with Gasteiger partial charge in [0, 0.05) is 26.2 Å². The van der Waals surface area contributed by atoms with Crippen LogP contribution in [-0.2, 0) is 17.8 Å². The van der Waals surface area contributed by atoms with Crippen LogP contribution in [0.2, 0.25) is 0 Å². The first-order valence-corrected chi connectivity index (χ1v) is 12.7. The summed E-state index contributed by atoms with van der Waals surface area (Å²) in [6.45, 7) is 5.86. The van der Waals surface area contributed by atoms with E-state index in [2.05, 4.69) is 4.90 Å². The van der Waals surface area contributed by atoms with Crippen molar-refractivity contribution in [1.29, 1.82) is 0 Å². The van der Waals surface area contributed by atoms with Crippen molar-refractivity contribution in [2.45, 2.75) is 33.0 Å². The highest BCUT2D eigenvalue weighted by Crippen LogP contribution is 2.36. The Morgan fingerprint density at radius 3 is 2.32 bits per heavy atom. The summed E-state index contributed by atoms with van der Waals surface area (Å²) in [4.78, 5) is 2.09. The maximum absolute atomic E-state index is 13.6. The SMILES string of the molecule is CCOCC(O)CN(Cc1ccc(F)cc1)Cc1c(C)nn(-c2ccccc2)c1Oc1ccccc1OC. The molecule has 0 aliphatic rings. The van der Waals surface area contributed by atoms with Crippen molar-refractivity contribution in [3.63, 3.8) is 0 Å². The molecule has 0 saturated carbocycles. The van der Waals surface area contributed by atoms with Crippen molar-refractivity contribution in [3.05, 3.63) is 102 Å². The Kier molecular flexibility index (Phi) is 9.48. The van der Waals surface area contributed by atoms with E-state index in [0.717, 1.165) is 22.5 Å². The molecule has 0 spiro atoms. The van der Waals surface area contributed by atoms with Gasteiger partial charge in [-0.3, -0.25) is 4.90 Å². The number of methoxy groups -OCH3 is 1. The highest BCUT2D eigenvalue weighted by Gasteiger charge is 2.23. The summed E-state index contributed by atoms with van der Waals surface area (Å²) >= 11 is 0. The average Bonchev–Trinajstić information content (AvgIpc) is 3.24. The number of halogens is 1. The van der Waals surface area contributed by atoms with E-state index in [0.29, 0.717) is 43.6 Å². The van der Waals surface area contributed by atoms with Crippen LogP contribution in [0, 0.1) is 12.7 Å². The first-order chi connectivity index (χ1) is 18.5. The molecule has 3 aromatic carbocycles. The number of benzene rings is 3. The topological polar surface area (TPSA) is 69.0 Å². The van der Waals surface area contributed by atoms with Gasteiger partial charge in [0.1, 0.15) is 5.82 Å². The Balaban J connectivity index is 1.72. The minimum Gasteiger partial charge on any atom is -0.493 e. The van der Waals surface area contributed by atoms with Crippen molar-refractivity contribution in [1.82, 2.24) is 14.7 Å². The minimum atomic E-state index is -0.696. The Morgan fingerprint density at radius 2 is 1.63 bits per heavy atom. The van der Waals surface area contributed by atoms with Crippen molar-refractivity contribution in [2.75, 3.05) is 26.9 Å². The van der Waals surface area contributed by atoms with Crippen LogP contribution in [0.3, 0.4) is 0 Å². The lowest BCUT2D eigenvalue weighted by Gasteiger charge is -2.25. The maximum Gasteiger partial charge on any atom is 0.227 e. The van der Waals surface area contributed by atoms with Crippen LogP contribution in [-0.4, -0.2) is 52.8 Å². The number of rotatable bonds is 13. The fourth-order valence-corrected chi connectivity index (χ4v) is 4.24. The number of nitrogens with zero attached hydrogens (tertiary/aromatic N) is 3. The van der Waals surface area contributed by atoms with E-state index in [1.165, 1.54) is 12.1 Å². The number of aromatic nitrogens is 2. The molecule has 4 rings (SSSR count). The number of aliphatic hydroxyl groups is 1. The van der Waals surface area contributed by atoms with Gasteiger partial charge in [0.25, 0.3) is 0 Å². The van der Waals surface area contributed by atoms with E-state index < -0.39 is 6.10 Å². The molecule has 7 nitrogen and oxygen atoms in total. The number of hydrogen-bond donors (Lipinski definition) is 1. The number of hydrogen-bond acceptors (Lipinski definition) is 6. The molecule has 1 unspecified atom stereocenters. The second-order valence-corrected chi connectivity index (χ2v) is 8.98. The van der Waals surface area contributed by atoms with Crippen molar-refractivity contribution in [3.8, 4) is 23.1 Å². The second-order valence-electron chi connectivity index (χ2n) is 8.98. The quantitative estimate of drug-likeness (QED) is 0.251. The lowest BCUT2D eigenvalue weighted by Crippen LogP contribution is -2.34. The highest BCUT2D eigenvalue weighted by molar-refractivity contribution is 5.47. The Bertz CT molecular complexity index is 1290. The third-order valence-corrected chi connectivity index (χ3v) is 6.10. The zero-order valence-electron chi connectivity index (χ0n) is 22.0. The lowest BCUT2D eigenvalue weighted by molar-refractivity contribution is 0.0178. The fraction of sp³-hybridized carbons (Fsp3) is 0.300. The molecule has 0 aliphatic carbocycles. The molecule has 1 atom stereocenters. The highest BCUT2D eigenvalue weighted by atomic mass is 19.1. The smallest absolute Gasteiger partial charge is 0.227 e. The van der Waals surface area contributed by atoms with Gasteiger partial charge in [-0.05, 0) is 55.8 Å². The molecular weight excluding hydrogens is 485 g/mol. The molecule has 0 radical (unpaired) electrons. The van der Waals surface area contributed by atoms with Gasteiger partial charge in [0.2, 0.25) is 5.88 Å². The number of aryl methyl sites for hydroxylation is 1. The van der Waals surface area contributed by atoms with E-state index in [9.17, 15) is 9.50 Å². The van der Waals surface area contributed by atoms with Crippen molar-refractivity contribution < 1.29 is 23.7 Å². The molecule has 4 aromatic rings. The van der Waals surface area contributed by atoms with Gasteiger partial charge in [-0.15, -0.1) is 0 Å². The predicted molar refractivity (Wildman–Crippen MR) is 144 cm³/mol. The normalized spacial score (nSPS) is 12.1. The Morgan fingerprint density at radius 1 is 0.947 bits per heavy atom. The monoisotopic (exact) mass is 519 g/mol. The zero-order chi connectivity index (χ0) is 26.9. The lowest BCUT2D eigenvalue weighted by atomic mass is 10.1. The predicted octanol–water partition coefficient (Wildman–Crippen LogP) is 5.52. The van der Waals surface area contributed by atoms with Gasteiger partial charge in [-0.1, -0.05) is 42.5 Å². The largest absolute Gasteiger partial charge is 0.493 e. The van der Waals surface area contributed by atoms with Crippen LogP contribution < -0.4 is 9.47 Å². The summed E-state index contributed by atoms with van der Waals surface area (Å²) < 4.78 is 32.8. The Hall–Kier alpha value is -3.72. The van der Waals surface area contributed by atoms with Crippen molar-refractivity contribution in [2.24, 2.45) is 0 Å². The van der Waals surface area contributed by atoms with Crippen LogP contribution >= 0.6 is 0 Å². The molecule has 0 saturated heterocycles. The van der Waals surface area contributed by atoms with Gasteiger partial charge in [0.15, 0.2) is 11.5 Å². The standard InChI is InChI=1S/C30H34FN3O4/c1-4-37-21-26(35)19-33(18-23-14-16-24(31)17-15-23)20-27-22(2)32-34(25-10-6-5-7-11-25)30(27)38-29-13-9-8-12-28(29)36-3/h5-17,26,35H,4,18-21H2,1-3H3. The second kappa shape index (κ2) is 13.2. The van der Waals surface area contributed by atoms with Gasteiger partial charge in [-0.2, -0.15) is 5.10 Å². The molecule has 38 heavy (non-hydrogen) atoms. The molecule has 1 N–H and O–H groups in total. The summed E-state index contributed by atoms with van der Waals surface area (Å²) in [5, 5.41) is 15.5. The molecule has 0 fully saturated rings. The molecule has 0 amide bonds. The van der Waals surface area contributed by atoms with Crippen LogP contribution in [0.5, 0.6) is 17.4 Å². The van der Waals surface area contributed by atoms with Gasteiger partial charge in [0.05, 0.1) is 36.8 Å². The number of aliphatic hydroxyl groups excluding tert-OH is 1. The fourth-order valence-electron chi connectivity index (χ4n) is 4.24. The van der Waals surface area contributed by atoms with Crippen LogP contribution in [0.1, 0.15) is 23.7 Å². The van der Waals surface area contributed by atoms with Crippen LogP contribution in [0.25, 0.3) is 5.69 Å². The maximum atomic E-state index is 13.6. The van der Waals surface area contributed by atoms with Crippen LogP contribution in [0.15, 0.2) is 78.9 Å². The minimum absolute atomic E-state index is 0.225. The first kappa shape index (κ1) is 27.3. The van der Waals surface area contributed by atoms with Gasteiger partial charge in [-0.25, -0.2) is 9.07 Å². The summed E-state index contributed by atoms with van der Waals surface area (Å²) in [5.41, 5.74) is 3.44. The summed E-state index contributed by atoms with van der Waals surface area (Å²) in [6.07, 6.45) is -0.696. The number of ether oxygens (including phenoxy) is 3. The third-order valence-electron chi connectivity index (χ3n) is 6.10. The molecule has 200 valence electrons. The van der Waals surface area contributed by atoms with E-state index >= 15 is 0 Å². The molecule has 0 bridgehead atoms. The van der Waals surface area contributed by atoms with Crippen LogP contribution in [0.4, 0.5) is 4.39 Å². The molecule has 1 aromatic heterocycles. The molecule has 1 heterocycles. The van der Waals surface area contributed by atoms with Gasteiger partial charge < -0.3 is 19.3 Å². The summed E-state index contributed by atoms with van der Waals surface area (Å²) in [5.74, 6) is 1.44. The summed E-state index contributed by atoms with van der Waals surface area (Å²) in [7, 11) is 1.60. The van der Waals surface area contributed by atoms with E-state index in [-0.39, 0.29) is 12.4 Å². The van der Waals surface area contributed by atoms with E-state index in [4.69, 9.17) is 19.3 Å². The summed E-state index contributed by atoms with van der Waals surface area (Å²) in [6, 6.07) is 23.6. The van der Waals surface area contributed by atoms with Gasteiger partial charge >= 0.3 is 0 Å².